The number of halogens is 1. The van der Waals surface area contributed by atoms with Crippen molar-refractivity contribution in [3.8, 4) is 0 Å². The maximum Gasteiger partial charge on any atom is 0.0467 e. The van der Waals surface area contributed by atoms with Crippen LogP contribution >= 0.6 is 15.9 Å². The fraction of sp³-hybridized carbons (Fsp3) is 0. The van der Waals surface area contributed by atoms with Gasteiger partial charge >= 0.3 is 0 Å². The van der Waals surface area contributed by atoms with Gasteiger partial charge in [0, 0.05) is 10.2 Å². The summed E-state index contributed by atoms with van der Waals surface area (Å²) in [4.78, 5) is 0. The van der Waals surface area contributed by atoms with Gasteiger partial charge in [0.15, 0.2) is 0 Å². The molecule has 0 atom stereocenters. The Labute approximate surface area is 37.5 Å². The van der Waals surface area contributed by atoms with Crippen LogP contribution in [0.25, 0.3) is 0 Å². The highest BCUT2D eigenvalue weighted by molar-refractivity contribution is 9.12. The Bertz CT molecular complexity index is 29.0. The van der Waals surface area contributed by atoms with E-state index in [9.17, 15) is 0 Å². The van der Waals surface area contributed by atoms with Crippen LogP contribution in [0.15, 0.2) is 10.7 Å². The van der Waals surface area contributed by atoms with Crippen molar-refractivity contribution < 1.29 is 0 Å². The lowest BCUT2D eigenvalue weighted by molar-refractivity contribution is 2.54. The molecule has 0 saturated heterocycles. The Morgan fingerprint density at radius 2 is 2.00 bits per heavy atom. The second kappa shape index (κ2) is 1.73. The van der Waals surface area contributed by atoms with E-state index in [0.717, 1.165) is 14.3 Å². The second-order valence-electron chi connectivity index (χ2n) is 0.676. The molecule has 0 bridgehead atoms. The van der Waals surface area contributed by atoms with Gasteiger partial charge in [0.25, 0.3) is 0 Å². The molecular weight excluding hydrogens is 132 g/mol. The van der Waals surface area contributed by atoms with Crippen molar-refractivity contribution in [2.75, 3.05) is 0 Å². The van der Waals surface area contributed by atoms with Crippen molar-refractivity contribution in [1.29, 1.82) is 0 Å². The molecule has 0 aromatic carbocycles. The average Bonchev–Trinajstić information content (AvgIpc) is 0.811. The van der Waals surface area contributed by atoms with E-state index in [2.05, 4.69) is 22.5 Å². The van der Waals surface area contributed by atoms with E-state index in [4.69, 9.17) is 0 Å². The summed E-state index contributed by atoms with van der Waals surface area (Å²) >= 11 is 3.14. The molecule has 0 aromatic rings. The smallest absolute Gasteiger partial charge is 0.0467 e. The molecule has 0 spiro atoms. The molecule has 0 rings (SSSR count). The average molecular weight is 137 g/mol. The molecule has 0 unspecified atom stereocenters. The maximum absolute atomic E-state index is 3.53. The van der Waals surface area contributed by atoms with Crippen LogP contribution in [0.5, 0.6) is 0 Å². The largest absolute Gasteiger partial charge is 0.0941 e. The van der Waals surface area contributed by atoms with E-state index in [1.807, 2.05) is 0 Å². The number of rotatable bonds is 0. The van der Waals surface area contributed by atoms with Gasteiger partial charge in [0.05, 0.1) is 0 Å². The van der Waals surface area contributed by atoms with E-state index in [1.165, 1.54) is 0 Å². The zero-order chi connectivity index (χ0) is 3.58. The molecule has 0 fully saturated rings. The third kappa shape index (κ3) is 26.4. The van der Waals surface area contributed by atoms with Crippen LogP contribution < -0.4 is 0 Å². The van der Waals surface area contributed by atoms with Crippen molar-refractivity contribution in [3.05, 3.63) is 10.7 Å². The lowest BCUT2D eigenvalue weighted by atomic mass is 11.3. The maximum atomic E-state index is 3.53. The standard InChI is InChI=1S/C2H5BrSi/c1-2(3)4/h1H2,4H3. The van der Waals surface area contributed by atoms with Gasteiger partial charge in [-0.1, -0.05) is 22.5 Å². The van der Waals surface area contributed by atoms with Gasteiger partial charge in [0.1, 0.15) is 0 Å². The summed E-state index contributed by atoms with van der Waals surface area (Å²) < 4.78 is 1.12. The predicted molar refractivity (Wildman–Crippen MR) is 28.0 cm³/mol. The molecule has 0 aliphatic rings. The monoisotopic (exact) mass is 136 g/mol. The van der Waals surface area contributed by atoms with Crippen molar-refractivity contribution in [1.82, 2.24) is 0 Å². The summed E-state index contributed by atoms with van der Waals surface area (Å²) in [6.45, 7) is 3.53. The molecule has 0 aliphatic heterocycles. The van der Waals surface area contributed by atoms with E-state index in [-0.39, 0.29) is 0 Å². The van der Waals surface area contributed by atoms with Crippen LogP contribution in [0, 0.1) is 0 Å². The fourth-order valence-electron chi connectivity index (χ4n) is 0. The first-order chi connectivity index (χ1) is 1.73. The van der Waals surface area contributed by atoms with Crippen molar-refractivity contribution in [2.45, 2.75) is 0 Å². The van der Waals surface area contributed by atoms with Crippen LogP contribution in [0.1, 0.15) is 0 Å². The Morgan fingerprint density at radius 1 is 2.00 bits per heavy atom. The summed E-state index contributed by atoms with van der Waals surface area (Å²) in [6, 6.07) is 0. The minimum Gasteiger partial charge on any atom is -0.0941 e. The third-order valence-corrected chi connectivity index (χ3v) is 0. The molecule has 0 nitrogen and oxygen atoms in total. The Hall–Kier alpha value is 0.437. The molecule has 2 heteroatoms. The number of hydrogen-bond donors (Lipinski definition) is 0. The zero-order valence-electron chi connectivity index (χ0n) is 2.59. The molecule has 0 N–H and O–H groups in total. The highest BCUT2D eigenvalue weighted by Crippen LogP contribution is 1.87. The normalized spacial score (nSPS) is 7.25. The van der Waals surface area contributed by atoms with Crippen molar-refractivity contribution in [2.24, 2.45) is 0 Å². The van der Waals surface area contributed by atoms with Crippen molar-refractivity contribution in [3.63, 3.8) is 0 Å². The first-order valence-electron chi connectivity index (χ1n) is 1.04. The Kier molecular flexibility index (Phi) is 1.92. The minimum atomic E-state index is 1.07. The van der Waals surface area contributed by atoms with Crippen LogP contribution in [0.2, 0.25) is 0 Å². The molecule has 0 saturated carbocycles. The van der Waals surface area contributed by atoms with Crippen LogP contribution in [0.3, 0.4) is 0 Å². The summed E-state index contributed by atoms with van der Waals surface area (Å²) in [7, 11) is 1.07. The van der Waals surface area contributed by atoms with Gasteiger partial charge in [-0.25, -0.2) is 0 Å². The summed E-state index contributed by atoms with van der Waals surface area (Å²) in [6.07, 6.45) is 0. The summed E-state index contributed by atoms with van der Waals surface area (Å²) in [5.74, 6) is 0. The highest BCUT2D eigenvalue weighted by atomic mass is 79.9. The third-order valence-electron chi connectivity index (χ3n) is 0. The molecule has 0 aliphatic carbocycles. The summed E-state index contributed by atoms with van der Waals surface area (Å²) in [5, 5.41) is 0. The van der Waals surface area contributed by atoms with Gasteiger partial charge in [-0.05, 0) is 4.11 Å². The summed E-state index contributed by atoms with van der Waals surface area (Å²) in [5.41, 5.74) is 0. The Balaban J connectivity index is 2.80. The van der Waals surface area contributed by atoms with Gasteiger partial charge < -0.3 is 0 Å². The van der Waals surface area contributed by atoms with Crippen LogP contribution in [0.4, 0.5) is 0 Å². The second-order valence-corrected chi connectivity index (χ2v) is 4.70. The molecule has 4 heavy (non-hydrogen) atoms. The molecular formula is C2H5BrSi. The van der Waals surface area contributed by atoms with E-state index in [0.29, 0.717) is 0 Å². The van der Waals surface area contributed by atoms with Gasteiger partial charge in [-0.2, -0.15) is 0 Å². The van der Waals surface area contributed by atoms with Crippen molar-refractivity contribution >= 4 is 26.2 Å². The van der Waals surface area contributed by atoms with Gasteiger partial charge in [-0.15, -0.1) is 0 Å². The molecule has 0 radical (unpaired) electrons. The molecule has 0 amide bonds. The van der Waals surface area contributed by atoms with Gasteiger partial charge in [0.2, 0.25) is 0 Å². The lowest BCUT2D eigenvalue weighted by Gasteiger charge is -1.61. The molecule has 24 valence electrons. The highest BCUT2D eigenvalue weighted by Gasteiger charge is 1.55. The van der Waals surface area contributed by atoms with Crippen LogP contribution in [-0.2, 0) is 0 Å². The first kappa shape index (κ1) is 4.44. The molecule has 0 heterocycles. The van der Waals surface area contributed by atoms with E-state index >= 15 is 0 Å². The minimum absolute atomic E-state index is 1.07. The lowest BCUT2D eigenvalue weighted by Crippen LogP contribution is -1.48. The van der Waals surface area contributed by atoms with E-state index < -0.39 is 0 Å². The quantitative estimate of drug-likeness (QED) is 0.419. The Morgan fingerprint density at radius 3 is 2.00 bits per heavy atom. The van der Waals surface area contributed by atoms with E-state index in [1.54, 1.807) is 0 Å². The molecule has 0 aromatic heterocycles. The fourth-order valence-corrected chi connectivity index (χ4v) is 0. The predicted octanol–water partition coefficient (Wildman–Crippen LogP) is 0.218. The topological polar surface area (TPSA) is 0 Å². The first-order valence-corrected chi connectivity index (χ1v) is 2.84. The number of hydrogen-bond acceptors (Lipinski definition) is 0. The van der Waals surface area contributed by atoms with Gasteiger partial charge in [-0.3, -0.25) is 0 Å². The SMILES string of the molecule is C=C([SiH3])Br. The van der Waals surface area contributed by atoms with Crippen LogP contribution in [-0.4, -0.2) is 10.2 Å². The zero-order valence-corrected chi connectivity index (χ0v) is 6.17.